The highest BCUT2D eigenvalue weighted by atomic mass is 16.5. The van der Waals surface area contributed by atoms with Crippen LogP contribution < -0.4 is 4.90 Å². The van der Waals surface area contributed by atoms with Crippen LogP contribution in [0.4, 0.5) is 5.82 Å². The van der Waals surface area contributed by atoms with Gasteiger partial charge in [-0.15, -0.1) is 0 Å². The third-order valence-corrected chi connectivity index (χ3v) is 4.36. The lowest BCUT2D eigenvalue weighted by Crippen LogP contribution is -2.48. The van der Waals surface area contributed by atoms with Gasteiger partial charge in [-0.3, -0.25) is 4.98 Å². The number of anilines is 1. The first-order chi connectivity index (χ1) is 10.8. The molecule has 0 unspecified atom stereocenters. The molecule has 0 amide bonds. The molecule has 0 bridgehead atoms. The quantitative estimate of drug-likeness (QED) is 0.773. The molecule has 3 aromatic rings. The van der Waals surface area contributed by atoms with E-state index in [2.05, 4.69) is 20.5 Å². The van der Waals surface area contributed by atoms with Gasteiger partial charge in [-0.05, 0) is 18.2 Å². The molecular weight excluding hydrogens is 280 g/mol. The van der Waals surface area contributed by atoms with Gasteiger partial charge in [0.05, 0.1) is 31.4 Å². The number of pyridine rings is 2. The minimum absolute atomic E-state index is 0.0324. The maximum atomic E-state index is 9.54. The Hall–Kier alpha value is -2.18. The maximum absolute atomic E-state index is 9.54. The van der Waals surface area contributed by atoms with Gasteiger partial charge in [-0.25, -0.2) is 4.98 Å². The molecule has 6 nitrogen and oxygen atoms in total. The Labute approximate surface area is 128 Å². The fourth-order valence-electron chi connectivity index (χ4n) is 3.17. The molecule has 1 aliphatic heterocycles. The van der Waals surface area contributed by atoms with Crippen LogP contribution in [0.15, 0.2) is 30.6 Å². The zero-order valence-corrected chi connectivity index (χ0v) is 12.4. The summed E-state index contributed by atoms with van der Waals surface area (Å²) in [5, 5.41) is 11.8. The minimum atomic E-state index is -0.0324. The predicted octanol–water partition coefficient (Wildman–Crippen LogP) is 1.32. The minimum Gasteiger partial charge on any atom is -0.394 e. The Morgan fingerprint density at radius 3 is 3.09 bits per heavy atom. The molecule has 1 fully saturated rings. The van der Waals surface area contributed by atoms with Gasteiger partial charge >= 0.3 is 0 Å². The first-order valence-electron chi connectivity index (χ1n) is 7.44. The van der Waals surface area contributed by atoms with Gasteiger partial charge in [-0.1, -0.05) is 0 Å². The fraction of sp³-hybridized carbons (Fsp3) is 0.375. The molecule has 6 heteroatoms. The number of fused-ring (bicyclic) bond motifs is 3. The van der Waals surface area contributed by atoms with Crippen molar-refractivity contribution in [2.24, 2.45) is 7.05 Å². The van der Waals surface area contributed by atoms with Gasteiger partial charge in [0.1, 0.15) is 11.5 Å². The van der Waals surface area contributed by atoms with E-state index in [0.717, 1.165) is 34.3 Å². The number of aliphatic hydroxyl groups excluding tert-OH is 1. The third-order valence-electron chi connectivity index (χ3n) is 4.36. The number of morpholine rings is 1. The number of aryl methyl sites for hydroxylation is 1. The number of rotatable bonds is 2. The molecule has 1 aliphatic rings. The van der Waals surface area contributed by atoms with Crippen LogP contribution in [0.2, 0.25) is 0 Å². The molecule has 22 heavy (non-hydrogen) atoms. The van der Waals surface area contributed by atoms with E-state index in [4.69, 9.17) is 9.72 Å². The van der Waals surface area contributed by atoms with Crippen LogP contribution in [0.25, 0.3) is 21.9 Å². The van der Waals surface area contributed by atoms with Gasteiger partial charge in [0.2, 0.25) is 0 Å². The van der Waals surface area contributed by atoms with Crippen LogP contribution in [-0.4, -0.2) is 52.0 Å². The van der Waals surface area contributed by atoms with E-state index in [1.54, 1.807) is 6.20 Å². The molecule has 114 valence electrons. The van der Waals surface area contributed by atoms with Gasteiger partial charge < -0.3 is 19.3 Å². The number of aliphatic hydroxyl groups is 1. The lowest BCUT2D eigenvalue weighted by Gasteiger charge is -2.35. The summed E-state index contributed by atoms with van der Waals surface area (Å²) in [6, 6.07) is 6.08. The van der Waals surface area contributed by atoms with E-state index in [1.165, 1.54) is 0 Å². The zero-order valence-electron chi connectivity index (χ0n) is 12.4. The van der Waals surface area contributed by atoms with Crippen LogP contribution in [0.3, 0.4) is 0 Å². The van der Waals surface area contributed by atoms with Crippen molar-refractivity contribution in [1.29, 1.82) is 0 Å². The summed E-state index contributed by atoms with van der Waals surface area (Å²) in [5.74, 6) is 0.883. The second kappa shape index (κ2) is 5.23. The van der Waals surface area contributed by atoms with Crippen LogP contribution in [0.5, 0.6) is 0 Å². The number of ether oxygens (including phenoxy) is 1. The van der Waals surface area contributed by atoms with Crippen LogP contribution in [0.1, 0.15) is 0 Å². The Morgan fingerprint density at radius 2 is 2.23 bits per heavy atom. The SMILES string of the molecule is Cn1c2ccncc2c2ccc(N3CCOC[C@H]3CO)nc21. The van der Waals surface area contributed by atoms with Crippen molar-refractivity contribution in [3.05, 3.63) is 30.6 Å². The highest BCUT2D eigenvalue weighted by molar-refractivity contribution is 6.06. The average molecular weight is 298 g/mol. The molecule has 1 N–H and O–H groups in total. The monoisotopic (exact) mass is 298 g/mol. The summed E-state index contributed by atoms with van der Waals surface area (Å²) in [5.41, 5.74) is 2.05. The Balaban J connectivity index is 1.86. The molecule has 0 aliphatic carbocycles. The van der Waals surface area contributed by atoms with Crippen molar-refractivity contribution in [2.45, 2.75) is 6.04 Å². The topological polar surface area (TPSA) is 63.4 Å². The van der Waals surface area contributed by atoms with E-state index < -0.39 is 0 Å². The number of nitrogens with zero attached hydrogens (tertiary/aromatic N) is 4. The Bertz CT molecular complexity index is 829. The van der Waals surface area contributed by atoms with Crippen LogP contribution >= 0.6 is 0 Å². The molecule has 0 saturated carbocycles. The van der Waals surface area contributed by atoms with Crippen molar-refractivity contribution >= 4 is 27.8 Å². The Kier molecular flexibility index (Phi) is 3.20. The smallest absolute Gasteiger partial charge is 0.143 e. The summed E-state index contributed by atoms with van der Waals surface area (Å²) in [6.45, 7) is 2.01. The zero-order chi connectivity index (χ0) is 15.1. The second-order valence-corrected chi connectivity index (χ2v) is 5.60. The van der Waals surface area contributed by atoms with Crippen LogP contribution in [0, 0.1) is 0 Å². The predicted molar refractivity (Wildman–Crippen MR) is 85.1 cm³/mol. The van der Waals surface area contributed by atoms with Crippen molar-refractivity contribution in [2.75, 3.05) is 31.3 Å². The summed E-state index contributed by atoms with van der Waals surface area (Å²) >= 11 is 0. The lowest BCUT2D eigenvalue weighted by molar-refractivity contribution is 0.0723. The molecular formula is C16H18N4O2. The molecule has 1 saturated heterocycles. The molecule has 0 spiro atoms. The van der Waals surface area contributed by atoms with Gasteiger partial charge in [-0.2, -0.15) is 0 Å². The van der Waals surface area contributed by atoms with Crippen LogP contribution in [-0.2, 0) is 11.8 Å². The van der Waals surface area contributed by atoms with Gasteiger partial charge in [0.25, 0.3) is 0 Å². The highest BCUT2D eigenvalue weighted by Gasteiger charge is 2.24. The summed E-state index contributed by atoms with van der Waals surface area (Å²) in [4.78, 5) is 11.2. The van der Waals surface area contributed by atoms with E-state index in [1.807, 2.05) is 25.4 Å². The second-order valence-electron chi connectivity index (χ2n) is 5.60. The van der Waals surface area contributed by atoms with Gasteiger partial charge in [0, 0.05) is 36.8 Å². The third kappa shape index (κ3) is 1.95. The highest BCUT2D eigenvalue weighted by Crippen LogP contribution is 2.28. The normalized spacial score (nSPS) is 19.2. The number of hydrogen-bond donors (Lipinski definition) is 1. The van der Waals surface area contributed by atoms with E-state index in [9.17, 15) is 5.11 Å². The number of aromatic nitrogens is 3. The van der Waals surface area contributed by atoms with Crippen molar-refractivity contribution in [1.82, 2.24) is 14.5 Å². The molecule has 0 radical (unpaired) electrons. The van der Waals surface area contributed by atoms with E-state index in [-0.39, 0.29) is 12.6 Å². The first kappa shape index (κ1) is 13.5. The van der Waals surface area contributed by atoms with Crippen molar-refractivity contribution in [3.8, 4) is 0 Å². The van der Waals surface area contributed by atoms with Gasteiger partial charge in [0.15, 0.2) is 0 Å². The largest absolute Gasteiger partial charge is 0.394 e. The first-order valence-corrected chi connectivity index (χ1v) is 7.44. The van der Waals surface area contributed by atoms with Crippen molar-refractivity contribution in [3.63, 3.8) is 0 Å². The molecule has 3 aromatic heterocycles. The number of hydrogen-bond acceptors (Lipinski definition) is 5. The fourth-order valence-corrected chi connectivity index (χ4v) is 3.17. The maximum Gasteiger partial charge on any atom is 0.143 e. The van der Waals surface area contributed by atoms with E-state index in [0.29, 0.717) is 13.2 Å². The lowest BCUT2D eigenvalue weighted by atomic mass is 10.2. The van der Waals surface area contributed by atoms with E-state index >= 15 is 0 Å². The summed E-state index contributed by atoms with van der Waals surface area (Å²) in [7, 11) is 2.02. The summed E-state index contributed by atoms with van der Waals surface area (Å²) < 4.78 is 7.53. The molecule has 4 rings (SSSR count). The summed E-state index contributed by atoms with van der Waals surface area (Å²) in [6.07, 6.45) is 3.68. The van der Waals surface area contributed by atoms with Crippen molar-refractivity contribution < 1.29 is 9.84 Å². The standard InChI is InChI=1S/C16H18N4O2/c1-19-14-4-5-17-8-13(14)12-2-3-15(18-16(12)19)20-6-7-22-10-11(20)9-21/h2-5,8,11,21H,6-7,9-10H2,1H3/t11-/m1/s1. The Morgan fingerprint density at radius 1 is 1.32 bits per heavy atom. The average Bonchev–Trinajstić information content (AvgIpc) is 2.88. The molecule has 1 atom stereocenters. The molecule has 4 heterocycles. The molecule has 0 aromatic carbocycles.